The molecule has 1 unspecified atom stereocenters. The Bertz CT molecular complexity index is 1110. The fourth-order valence-electron chi connectivity index (χ4n) is 8.05. The van der Waals surface area contributed by atoms with E-state index in [0.29, 0.717) is 32.2 Å². The van der Waals surface area contributed by atoms with Crippen molar-refractivity contribution in [1.82, 2.24) is 10.2 Å². The van der Waals surface area contributed by atoms with Gasteiger partial charge in [0.25, 0.3) is 0 Å². The average molecular weight is 903 g/mol. The first-order valence-corrected chi connectivity index (χ1v) is 26.8. The highest BCUT2D eigenvalue weighted by Crippen LogP contribution is 2.16. The molecule has 0 spiro atoms. The molecule has 0 saturated carbocycles. The van der Waals surface area contributed by atoms with E-state index in [0.717, 1.165) is 110 Å². The third-order valence-corrected chi connectivity index (χ3v) is 12.2. The van der Waals surface area contributed by atoms with Gasteiger partial charge in [-0.05, 0) is 103 Å². The molecule has 1 N–H and O–H groups in total. The molecule has 0 aromatic heterocycles. The number of carbonyl (C=O) groups excluding carboxylic acids is 4. The molecular weight excluding hydrogens is 805 g/mol. The van der Waals surface area contributed by atoms with Gasteiger partial charge in [-0.25, -0.2) is 4.79 Å². The number of rotatable bonds is 45. The van der Waals surface area contributed by atoms with Crippen molar-refractivity contribution < 1.29 is 38.1 Å². The standard InChI is InChI=1S/C54H98N2O8/c1-4-7-10-12-14-16-18-20-22-24-26-28-30-32-34-39-51(57)61-47-50(48-62-52(58)40-35-33-31-29-27-25-23-21-19-17-15-13-11-8-5-2)63-53(59)42-41-49(38-9-6-3)64-54(60)55-43-46-56-44-36-37-45-56/h20-23,49-50H,4-19,24-48H2,1-3H3,(H,55,60)/b22-20-,23-21-. The molecule has 10 heteroatoms. The molecule has 1 aliphatic heterocycles. The number of amides is 1. The lowest BCUT2D eigenvalue weighted by atomic mass is 10.1. The number of allylic oxidation sites excluding steroid dienone is 4. The molecule has 1 rings (SSSR count). The van der Waals surface area contributed by atoms with Gasteiger partial charge in [0.1, 0.15) is 19.3 Å². The zero-order chi connectivity index (χ0) is 46.4. The number of hydrogen-bond acceptors (Lipinski definition) is 9. The summed E-state index contributed by atoms with van der Waals surface area (Å²) in [5.74, 6) is -1.20. The summed E-state index contributed by atoms with van der Waals surface area (Å²) in [5.41, 5.74) is 0. The van der Waals surface area contributed by atoms with Gasteiger partial charge in [0.05, 0.1) is 0 Å². The monoisotopic (exact) mass is 903 g/mol. The lowest BCUT2D eigenvalue weighted by Gasteiger charge is -2.21. The number of likely N-dealkylation sites (tertiary alicyclic amines) is 1. The van der Waals surface area contributed by atoms with Gasteiger partial charge in [-0.2, -0.15) is 0 Å². The van der Waals surface area contributed by atoms with Crippen LogP contribution >= 0.6 is 0 Å². The van der Waals surface area contributed by atoms with E-state index >= 15 is 0 Å². The van der Waals surface area contributed by atoms with Crippen molar-refractivity contribution in [3.63, 3.8) is 0 Å². The van der Waals surface area contributed by atoms with E-state index in [9.17, 15) is 19.2 Å². The van der Waals surface area contributed by atoms with Crippen molar-refractivity contribution in [3.8, 4) is 0 Å². The Morgan fingerprint density at radius 2 is 0.891 bits per heavy atom. The van der Waals surface area contributed by atoms with Gasteiger partial charge >= 0.3 is 24.0 Å². The first-order valence-electron chi connectivity index (χ1n) is 26.8. The molecule has 64 heavy (non-hydrogen) atoms. The molecule has 0 bridgehead atoms. The maximum Gasteiger partial charge on any atom is 0.407 e. The summed E-state index contributed by atoms with van der Waals surface area (Å²) in [6, 6.07) is 0. The molecule has 0 radical (unpaired) electrons. The zero-order valence-corrected chi connectivity index (χ0v) is 41.7. The van der Waals surface area contributed by atoms with Crippen LogP contribution in [0, 0.1) is 0 Å². The number of ether oxygens (including phenoxy) is 4. The minimum Gasteiger partial charge on any atom is -0.462 e. The lowest BCUT2D eigenvalue weighted by molar-refractivity contribution is -0.167. The van der Waals surface area contributed by atoms with Crippen molar-refractivity contribution in [2.75, 3.05) is 39.4 Å². The number of carbonyl (C=O) groups is 4. The molecule has 1 atom stereocenters. The Labute approximate surface area is 392 Å². The second-order valence-corrected chi connectivity index (χ2v) is 18.3. The summed E-state index contributed by atoms with van der Waals surface area (Å²) in [5, 5.41) is 2.86. The van der Waals surface area contributed by atoms with Crippen LogP contribution in [0.2, 0.25) is 0 Å². The van der Waals surface area contributed by atoms with E-state index in [1.165, 1.54) is 103 Å². The molecule has 1 saturated heterocycles. The van der Waals surface area contributed by atoms with Gasteiger partial charge < -0.3 is 29.2 Å². The van der Waals surface area contributed by atoms with Crippen LogP contribution in [0.5, 0.6) is 0 Å². The Hall–Kier alpha value is -2.88. The van der Waals surface area contributed by atoms with Crippen LogP contribution in [0.1, 0.15) is 245 Å². The molecule has 1 heterocycles. The Morgan fingerprint density at radius 1 is 0.469 bits per heavy atom. The maximum absolute atomic E-state index is 13.1. The summed E-state index contributed by atoms with van der Waals surface area (Å²) in [6.07, 6.45) is 44.0. The normalized spacial score (nSPS) is 13.6. The fourth-order valence-corrected chi connectivity index (χ4v) is 8.05. The van der Waals surface area contributed by atoms with Gasteiger partial charge in [-0.15, -0.1) is 0 Å². The van der Waals surface area contributed by atoms with Crippen molar-refractivity contribution in [2.24, 2.45) is 0 Å². The van der Waals surface area contributed by atoms with Gasteiger partial charge in [0.15, 0.2) is 6.10 Å². The van der Waals surface area contributed by atoms with E-state index in [1.54, 1.807) is 0 Å². The van der Waals surface area contributed by atoms with Crippen LogP contribution in [0.3, 0.4) is 0 Å². The molecule has 10 nitrogen and oxygen atoms in total. The molecule has 1 fully saturated rings. The minimum absolute atomic E-state index is 0.0255. The highest BCUT2D eigenvalue weighted by Gasteiger charge is 2.22. The van der Waals surface area contributed by atoms with Crippen LogP contribution in [0.25, 0.3) is 0 Å². The fraction of sp³-hybridized carbons (Fsp3) is 0.852. The maximum atomic E-state index is 13.1. The molecule has 0 aromatic carbocycles. The summed E-state index contributed by atoms with van der Waals surface area (Å²) >= 11 is 0. The smallest absolute Gasteiger partial charge is 0.407 e. The van der Waals surface area contributed by atoms with Crippen LogP contribution in [0.4, 0.5) is 4.79 Å². The average Bonchev–Trinajstić information content (AvgIpc) is 3.81. The lowest BCUT2D eigenvalue weighted by Crippen LogP contribution is -2.36. The third-order valence-electron chi connectivity index (χ3n) is 12.2. The zero-order valence-electron chi connectivity index (χ0n) is 41.7. The number of hydrogen-bond donors (Lipinski definition) is 1. The summed E-state index contributed by atoms with van der Waals surface area (Å²) in [6.45, 7) is 9.68. The van der Waals surface area contributed by atoms with E-state index in [1.807, 2.05) is 0 Å². The molecule has 372 valence electrons. The number of unbranched alkanes of at least 4 members (excludes halogenated alkanes) is 23. The van der Waals surface area contributed by atoms with Crippen LogP contribution in [0.15, 0.2) is 24.3 Å². The summed E-state index contributed by atoms with van der Waals surface area (Å²) in [7, 11) is 0. The van der Waals surface area contributed by atoms with Gasteiger partial charge in [0.2, 0.25) is 0 Å². The summed E-state index contributed by atoms with van der Waals surface area (Å²) < 4.78 is 22.5. The molecule has 0 aliphatic carbocycles. The summed E-state index contributed by atoms with van der Waals surface area (Å²) in [4.78, 5) is 53.4. The predicted octanol–water partition coefficient (Wildman–Crippen LogP) is 14.2. The Kier molecular flexibility index (Phi) is 41.8. The van der Waals surface area contributed by atoms with Gasteiger partial charge in [-0.3, -0.25) is 14.4 Å². The van der Waals surface area contributed by atoms with Crippen LogP contribution in [-0.2, 0) is 33.3 Å². The number of alkyl carbamates (subject to hydrolysis) is 1. The second kappa shape index (κ2) is 45.3. The SMILES string of the molecule is CCCCCCCC/C=C\CCCCCCCC(=O)OCC(COC(=O)CCCCCCC/C=C\CCCCCCCC)OC(=O)CCC(CCCC)OC(=O)NCCN1CCCC1. The Morgan fingerprint density at radius 3 is 1.34 bits per heavy atom. The van der Waals surface area contributed by atoms with Crippen molar-refractivity contribution in [1.29, 1.82) is 0 Å². The quantitative estimate of drug-likeness (QED) is 0.0276. The topological polar surface area (TPSA) is 120 Å². The van der Waals surface area contributed by atoms with Crippen molar-refractivity contribution >= 4 is 24.0 Å². The number of nitrogens with one attached hydrogen (secondary N) is 1. The van der Waals surface area contributed by atoms with E-state index in [4.69, 9.17) is 18.9 Å². The molecular formula is C54H98N2O8. The van der Waals surface area contributed by atoms with Gasteiger partial charge in [-0.1, -0.05) is 161 Å². The number of nitrogens with zero attached hydrogens (tertiary/aromatic N) is 1. The van der Waals surface area contributed by atoms with Gasteiger partial charge in [0, 0.05) is 32.4 Å². The van der Waals surface area contributed by atoms with E-state index in [2.05, 4.69) is 55.3 Å². The van der Waals surface area contributed by atoms with E-state index in [-0.39, 0.29) is 31.6 Å². The van der Waals surface area contributed by atoms with Crippen molar-refractivity contribution in [2.45, 2.75) is 258 Å². The minimum atomic E-state index is -0.910. The third kappa shape index (κ3) is 39.5. The van der Waals surface area contributed by atoms with Crippen molar-refractivity contribution in [3.05, 3.63) is 24.3 Å². The molecule has 1 amide bonds. The van der Waals surface area contributed by atoms with E-state index < -0.39 is 24.3 Å². The highest BCUT2D eigenvalue weighted by molar-refractivity contribution is 5.71. The predicted molar refractivity (Wildman–Crippen MR) is 263 cm³/mol. The number of esters is 3. The van der Waals surface area contributed by atoms with Crippen LogP contribution in [-0.4, -0.2) is 80.5 Å². The van der Waals surface area contributed by atoms with Crippen LogP contribution < -0.4 is 5.32 Å². The Balaban J connectivity index is 2.46. The highest BCUT2D eigenvalue weighted by atomic mass is 16.6. The first kappa shape index (κ1) is 59.1. The molecule has 0 aromatic rings. The largest absolute Gasteiger partial charge is 0.462 e. The first-order chi connectivity index (χ1) is 31.4. The second-order valence-electron chi connectivity index (χ2n) is 18.3. The molecule has 1 aliphatic rings.